The summed E-state index contributed by atoms with van der Waals surface area (Å²) in [5.74, 6) is -0.463. The Hall–Kier alpha value is -3.13. The first-order valence-corrected chi connectivity index (χ1v) is 9.27. The average Bonchev–Trinajstić information content (AvgIpc) is 3.33. The lowest BCUT2D eigenvalue weighted by Gasteiger charge is -2.12. The molecule has 0 bridgehead atoms. The third-order valence-electron chi connectivity index (χ3n) is 3.85. The molecule has 7 nitrogen and oxygen atoms in total. The molecule has 0 saturated carbocycles. The maximum atomic E-state index is 12.0. The van der Waals surface area contributed by atoms with Crippen LogP contribution in [0.3, 0.4) is 0 Å². The summed E-state index contributed by atoms with van der Waals surface area (Å²) in [6.45, 7) is 1.43. The first-order chi connectivity index (χ1) is 13.0. The monoisotopic (exact) mass is 385 g/mol. The van der Waals surface area contributed by atoms with Gasteiger partial charge in [-0.1, -0.05) is 24.3 Å². The molecule has 2 aromatic heterocycles. The molecule has 0 saturated heterocycles. The number of nitrogens with one attached hydrogen (secondary N) is 3. The van der Waals surface area contributed by atoms with Crippen molar-refractivity contribution < 1.29 is 18.8 Å². The van der Waals surface area contributed by atoms with E-state index in [9.17, 15) is 14.4 Å². The zero-order valence-corrected chi connectivity index (χ0v) is 15.5. The standard InChI is InChI=1S/C19H19N3O4S/c1-12(15-9-13-5-2-3-6-14(13)26-15)22-18(24)11-20-17(23)10-21-19(25)16-7-4-8-27-16/h2-9,12H,10-11H2,1H3,(H,20,23)(H,21,25)(H,22,24)/t12-/m0/s1. The molecule has 0 aliphatic rings. The van der Waals surface area contributed by atoms with Crippen LogP contribution in [0.25, 0.3) is 11.0 Å². The van der Waals surface area contributed by atoms with Crippen molar-refractivity contribution in [3.05, 3.63) is 58.5 Å². The molecule has 0 unspecified atom stereocenters. The fraction of sp³-hybridized carbons (Fsp3) is 0.211. The number of benzene rings is 1. The van der Waals surface area contributed by atoms with Crippen molar-refractivity contribution in [1.82, 2.24) is 16.0 Å². The van der Waals surface area contributed by atoms with Crippen molar-refractivity contribution in [2.45, 2.75) is 13.0 Å². The van der Waals surface area contributed by atoms with Crippen molar-refractivity contribution in [2.24, 2.45) is 0 Å². The molecule has 0 aliphatic heterocycles. The Labute approximate surface area is 159 Å². The number of fused-ring (bicyclic) bond motifs is 1. The minimum atomic E-state index is -0.438. The molecule has 1 atom stereocenters. The maximum absolute atomic E-state index is 12.0. The number of hydrogen-bond acceptors (Lipinski definition) is 5. The third-order valence-corrected chi connectivity index (χ3v) is 4.72. The highest BCUT2D eigenvalue weighted by molar-refractivity contribution is 7.12. The molecular weight excluding hydrogens is 366 g/mol. The fourth-order valence-electron chi connectivity index (χ4n) is 2.48. The molecule has 3 rings (SSSR count). The maximum Gasteiger partial charge on any atom is 0.261 e. The highest BCUT2D eigenvalue weighted by Gasteiger charge is 2.15. The van der Waals surface area contributed by atoms with Crippen LogP contribution in [-0.4, -0.2) is 30.8 Å². The molecule has 0 radical (unpaired) electrons. The molecule has 8 heteroatoms. The topological polar surface area (TPSA) is 100 Å². The van der Waals surface area contributed by atoms with E-state index >= 15 is 0 Å². The first kappa shape index (κ1) is 18.7. The van der Waals surface area contributed by atoms with Crippen molar-refractivity contribution >= 4 is 40.0 Å². The van der Waals surface area contributed by atoms with E-state index < -0.39 is 5.91 Å². The number of furan rings is 1. The molecule has 0 fully saturated rings. The Balaban J connectivity index is 1.42. The molecule has 27 heavy (non-hydrogen) atoms. The van der Waals surface area contributed by atoms with Gasteiger partial charge in [0.2, 0.25) is 11.8 Å². The summed E-state index contributed by atoms with van der Waals surface area (Å²) in [6.07, 6.45) is 0. The summed E-state index contributed by atoms with van der Waals surface area (Å²) in [5, 5.41) is 10.5. The van der Waals surface area contributed by atoms with Gasteiger partial charge in [0.15, 0.2) is 0 Å². The zero-order valence-electron chi connectivity index (χ0n) is 14.7. The van der Waals surface area contributed by atoms with Crippen LogP contribution < -0.4 is 16.0 Å². The molecule has 3 amide bonds. The van der Waals surface area contributed by atoms with Crippen molar-refractivity contribution in [1.29, 1.82) is 0 Å². The van der Waals surface area contributed by atoms with E-state index in [1.54, 1.807) is 24.4 Å². The third kappa shape index (κ3) is 4.95. The lowest BCUT2D eigenvalue weighted by atomic mass is 10.2. The van der Waals surface area contributed by atoms with Gasteiger partial charge >= 0.3 is 0 Å². The van der Waals surface area contributed by atoms with Gasteiger partial charge in [-0.2, -0.15) is 0 Å². The number of rotatable bonds is 7. The van der Waals surface area contributed by atoms with Gasteiger partial charge in [0.25, 0.3) is 5.91 Å². The van der Waals surface area contributed by atoms with Gasteiger partial charge < -0.3 is 20.4 Å². The van der Waals surface area contributed by atoms with E-state index in [1.165, 1.54) is 11.3 Å². The van der Waals surface area contributed by atoms with Gasteiger partial charge in [0.1, 0.15) is 11.3 Å². The number of hydrogen-bond donors (Lipinski definition) is 3. The lowest BCUT2D eigenvalue weighted by Crippen LogP contribution is -2.42. The molecule has 3 aromatic rings. The summed E-state index contributed by atoms with van der Waals surface area (Å²) in [7, 11) is 0. The van der Waals surface area contributed by atoms with E-state index in [0.29, 0.717) is 10.6 Å². The van der Waals surface area contributed by atoms with Crippen LogP contribution in [0.4, 0.5) is 0 Å². The van der Waals surface area contributed by atoms with Crippen molar-refractivity contribution in [3.8, 4) is 0 Å². The molecule has 1 aromatic carbocycles. The highest BCUT2D eigenvalue weighted by Crippen LogP contribution is 2.23. The quantitative estimate of drug-likeness (QED) is 0.580. The first-order valence-electron chi connectivity index (χ1n) is 8.39. The second kappa shape index (κ2) is 8.50. The highest BCUT2D eigenvalue weighted by atomic mass is 32.1. The number of para-hydroxylation sites is 1. The van der Waals surface area contributed by atoms with E-state index in [2.05, 4.69) is 16.0 Å². The second-order valence-electron chi connectivity index (χ2n) is 5.91. The number of carbonyl (C=O) groups is 3. The Bertz CT molecular complexity index is 916. The van der Waals surface area contributed by atoms with E-state index in [-0.39, 0.29) is 30.9 Å². The predicted octanol–water partition coefficient (Wildman–Crippen LogP) is 2.22. The van der Waals surface area contributed by atoms with Gasteiger partial charge in [0, 0.05) is 5.39 Å². The van der Waals surface area contributed by atoms with Crippen LogP contribution in [0.5, 0.6) is 0 Å². The summed E-state index contributed by atoms with van der Waals surface area (Å²) in [5.41, 5.74) is 0.753. The predicted molar refractivity (Wildman–Crippen MR) is 102 cm³/mol. The molecule has 2 heterocycles. The van der Waals surface area contributed by atoms with Crippen LogP contribution in [-0.2, 0) is 9.59 Å². The number of amides is 3. The molecular formula is C19H19N3O4S. The number of thiophene rings is 1. The molecule has 140 valence electrons. The van der Waals surface area contributed by atoms with Gasteiger partial charge in [-0.15, -0.1) is 11.3 Å². The SMILES string of the molecule is C[C@H](NC(=O)CNC(=O)CNC(=O)c1cccs1)c1cc2ccccc2o1. The van der Waals surface area contributed by atoms with Crippen molar-refractivity contribution in [2.75, 3.05) is 13.1 Å². The number of carbonyl (C=O) groups excluding carboxylic acids is 3. The molecule has 0 aliphatic carbocycles. The minimum Gasteiger partial charge on any atom is -0.459 e. The van der Waals surface area contributed by atoms with E-state index in [4.69, 9.17) is 4.42 Å². The van der Waals surface area contributed by atoms with Gasteiger partial charge in [-0.05, 0) is 30.5 Å². The molecule has 3 N–H and O–H groups in total. The largest absolute Gasteiger partial charge is 0.459 e. The normalized spacial score (nSPS) is 11.7. The van der Waals surface area contributed by atoms with Crippen molar-refractivity contribution in [3.63, 3.8) is 0 Å². The van der Waals surface area contributed by atoms with Crippen LogP contribution >= 0.6 is 11.3 Å². The summed E-state index contributed by atoms with van der Waals surface area (Å²) in [6, 6.07) is 12.6. The van der Waals surface area contributed by atoms with Crippen LogP contribution in [0.2, 0.25) is 0 Å². The fourth-order valence-corrected chi connectivity index (χ4v) is 3.12. The second-order valence-corrected chi connectivity index (χ2v) is 6.86. The Morgan fingerprint density at radius 3 is 2.56 bits per heavy atom. The van der Waals surface area contributed by atoms with Gasteiger partial charge in [0.05, 0.1) is 24.0 Å². The van der Waals surface area contributed by atoms with Crippen LogP contribution in [0.15, 0.2) is 52.3 Å². The molecule has 0 spiro atoms. The minimum absolute atomic E-state index is 0.182. The smallest absolute Gasteiger partial charge is 0.261 e. The van der Waals surface area contributed by atoms with Crippen LogP contribution in [0, 0.1) is 0 Å². The van der Waals surface area contributed by atoms with E-state index in [1.807, 2.05) is 30.3 Å². The van der Waals surface area contributed by atoms with Gasteiger partial charge in [-0.3, -0.25) is 14.4 Å². The lowest BCUT2D eigenvalue weighted by molar-refractivity contribution is -0.125. The van der Waals surface area contributed by atoms with Gasteiger partial charge in [-0.25, -0.2) is 0 Å². The zero-order chi connectivity index (χ0) is 19.2. The Kier molecular flexibility index (Phi) is 5.87. The average molecular weight is 385 g/mol. The summed E-state index contributed by atoms with van der Waals surface area (Å²) in [4.78, 5) is 36.1. The van der Waals surface area contributed by atoms with E-state index in [0.717, 1.165) is 11.0 Å². The Morgan fingerprint density at radius 2 is 1.81 bits per heavy atom. The summed E-state index contributed by atoms with van der Waals surface area (Å²) >= 11 is 1.29. The van der Waals surface area contributed by atoms with Crippen LogP contribution in [0.1, 0.15) is 28.4 Å². The Morgan fingerprint density at radius 1 is 1.04 bits per heavy atom. The summed E-state index contributed by atoms with van der Waals surface area (Å²) < 4.78 is 5.71.